The molecule has 2 saturated heterocycles. The molecule has 0 spiro atoms. The summed E-state index contributed by atoms with van der Waals surface area (Å²) in [6.07, 6.45) is 2.73. The van der Waals surface area contributed by atoms with Crippen molar-refractivity contribution in [2.45, 2.75) is 43.6 Å². The van der Waals surface area contributed by atoms with Crippen LogP contribution in [0.1, 0.15) is 37.7 Å². The number of rotatable bonds is 9. The molecule has 0 radical (unpaired) electrons. The number of nitrogens with zero attached hydrogens (tertiary/aromatic N) is 2. The number of piperidine rings is 1. The minimum atomic E-state index is -1.24. The van der Waals surface area contributed by atoms with Crippen molar-refractivity contribution in [2.75, 3.05) is 47.6 Å². The summed E-state index contributed by atoms with van der Waals surface area (Å²) in [7, 11) is 4.70. The zero-order valence-corrected chi connectivity index (χ0v) is 18.6. The van der Waals surface area contributed by atoms with E-state index in [1.807, 2.05) is 4.90 Å². The van der Waals surface area contributed by atoms with E-state index in [1.165, 1.54) is 12.0 Å². The van der Waals surface area contributed by atoms with Gasteiger partial charge in [-0.2, -0.15) is 0 Å². The summed E-state index contributed by atoms with van der Waals surface area (Å²) in [6.45, 7) is 1.52. The molecule has 2 aliphatic rings. The number of hydrogen-bond donors (Lipinski definition) is 0. The topological polar surface area (TPSA) is 85.4 Å². The number of carbonyl (C=O) groups is 3. The summed E-state index contributed by atoms with van der Waals surface area (Å²) in [5, 5.41) is 0. The Bertz CT molecular complexity index is 811. The molecule has 170 valence electrons. The van der Waals surface area contributed by atoms with Crippen molar-refractivity contribution in [1.82, 2.24) is 9.80 Å². The molecule has 31 heavy (non-hydrogen) atoms. The molecule has 2 aliphatic heterocycles. The van der Waals surface area contributed by atoms with E-state index in [0.29, 0.717) is 24.5 Å². The number of likely N-dealkylation sites (tertiary alicyclic amines) is 2. The van der Waals surface area contributed by atoms with E-state index in [2.05, 4.69) is 0 Å². The number of imide groups is 1. The summed E-state index contributed by atoms with van der Waals surface area (Å²) in [5.41, 5.74) is -0.621. The van der Waals surface area contributed by atoms with Crippen LogP contribution in [0.15, 0.2) is 24.3 Å². The standard InChI is InChI=1S/C23H32N2O6/c1-29-12-11-25-21(27)15-23(22(25)28,17-7-6-9-19(13-17)31-3)14-20(26)24-10-5-4-8-18(24)16-30-2/h6-7,9,13,18H,4-5,8,10-12,14-16H2,1-3H3/t18-,23+/m1/s1. The van der Waals surface area contributed by atoms with Crippen molar-refractivity contribution in [3.05, 3.63) is 29.8 Å². The number of ether oxygens (including phenoxy) is 3. The van der Waals surface area contributed by atoms with Gasteiger partial charge in [0.15, 0.2) is 0 Å². The third-order valence-corrected chi connectivity index (χ3v) is 6.31. The van der Waals surface area contributed by atoms with Crippen LogP contribution in [-0.4, -0.2) is 81.2 Å². The van der Waals surface area contributed by atoms with E-state index in [4.69, 9.17) is 14.2 Å². The molecule has 8 heteroatoms. The molecular formula is C23H32N2O6. The van der Waals surface area contributed by atoms with Crippen LogP contribution in [0.4, 0.5) is 0 Å². The molecule has 2 atom stereocenters. The van der Waals surface area contributed by atoms with Crippen LogP contribution in [0.25, 0.3) is 0 Å². The fraction of sp³-hybridized carbons (Fsp3) is 0.609. The van der Waals surface area contributed by atoms with Crippen LogP contribution in [-0.2, 0) is 29.3 Å². The van der Waals surface area contributed by atoms with E-state index >= 15 is 0 Å². The Labute approximate surface area is 183 Å². The van der Waals surface area contributed by atoms with E-state index in [9.17, 15) is 14.4 Å². The van der Waals surface area contributed by atoms with E-state index in [1.54, 1.807) is 38.5 Å². The number of hydrogen-bond acceptors (Lipinski definition) is 6. The maximum atomic E-state index is 13.6. The maximum absolute atomic E-state index is 13.6. The van der Waals surface area contributed by atoms with Gasteiger partial charge in [0.05, 0.1) is 38.3 Å². The summed E-state index contributed by atoms with van der Waals surface area (Å²) >= 11 is 0. The van der Waals surface area contributed by atoms with Gasteiger partial charge in [-0.1, -0.05) is 12.1 Å². The molecule has 1 aromatic rings. The second-order valence-electron chi connectivity index (χ2n) is 8.20. The van der Waals surface area contributed by atoms with Gasteiger partial charge in [0.25, 0.3) is 0 Å². The van der Waals surface area contributed by atoms with E-state index in [0.717, 1.165) is 19.3 Å². The number of benzene rings is 1. The zero-order chi connectivity index (χ0) is 22.4. The summed E-state index contributed by atoms with van der Waals surface area (Å²) in [5.74, 6) is -0.185. The van der Waals surface area contributed by atoms with Crippen LogP contribution in [0.3, 0.4) is 0 Å². The normalized spacial score (nSPS) is 24.0. The minimum Gasteiger partial charge on any atom is -0.497 e. The molecule has 0 aliphatic carbocycles. The lowest BCUT2D eigenvalue weighted by Gasteiger charge is -2.37. The molecule has 8 nitrogen and oxygen atoms in total. The van der Waals surface area contributed by atoms with Crippen LogP contribution in [0.5, 0.6) is 5.75 Å². The third kappa shape index (κ3) is 4.75. The first kappa shape index (κ1) is 23.2. The molecule has 2 fully saturated rings. The Kier molecular flexibility index (Phi) is 7.67. The molecule has 3 amide bonds. The van der Waals surface area contributed by atoms with Gasteiger partial charge in [-0.3, -0.25) is 19.3 Å². The Balaban J connectivity index is 1.96. The quantitative estimate of drug-likeness (QED) is 0.553. The van der Waals surface area contributed by atoms with Crippen molar-refractivity contribution in [3.8, 4) is 5.75 Å². The Morgan fingerprint density at radius 1 is 1.16 bits per heavy atom. The smallest absolute Gasteiger partial charge is 0.240 e. The molecule has 0 saturated carbocycles. The first-order chi connectivity index (χ1) is 15.0. The highest BCUT2D eigenvalue weighted by atomic mass is 16.5. The zero-order valence-electron chi connectivity index (χ0n) is 18.6. The number of methoxy groups -OCH3 is 3. The van der Waals surface area contributed by atoms with Crippen molar-refractivity contribution in [1.29, 1.82) is 0 Å². The third-order valence-electron chi connectivity index (χ3n) is 6.31. The Morgan fingerprint density at radius 2 is 1.97 bits per heavy atom. The number of amides is 3. The van der Waals surface area contributed by atoms with Crippen molar-refractivity contribution in [3.63, 3.8) is 0 Å². The molecule has 0 bridgehead atoms. The fourth-order valence-corrected chi connectivity index (χ4v) is 4.65. The summed E-state index contributed by atoms with van der Waals surface area (Å²) < 4.78 is 15.7. The summed E-state index contributed by atoms with van der Waals surface area (Å²) in [6, 6.07) is 7.10. The van der Waals surface area contributed by atoms with Crippen LogP contribution < -0.4 is 4.74 Å². The lowest BCUT2D eigenvalue weighted by Crippen LogP contribution is -2.49. The monoisotopic (exact) mass is 432 g/mol. The van der Waals surface area contributed by atoms with Crippen LogP contribution in [0.2, 0.25) is 0 Å². The van der Waals surface area contributed by atoms with E-state index in [-0.39, 0.29) is 49.8 Å². The largest absolute Gasteiger partial charge is 0.497 e. The Morgan fingerprint density at radius 3 is 2.68 bits per heavy atom. The van der Waals surface area contributed by atoms with Crippen LogP contribution >= 0.6 is 0 Å². The lowest BCUT2D eigenvalue weighted by atomic mass is 9.75. The van der Waals surface area contributed by atoms with Gasteiger partial charge in [-0.05, 0) is 37.0 Å². The first-order valence-electron chi connectivity index (χ1n) is 10.7. The SMILES string of the molecule is COCCN1C(=O)C[C@@](CC(=O)N2CCCC[C@@H]2COC)(c2cccc(OC)c2)C1=O. The highest BCUT2D eigenvalue weighted by Gasteiger charge is 2.54. The van der Waals surface area contributed by atoms with Gasteiger partial charge in [0, 0.05) is 33.6 Å². The Hall–Kier alpha value is -2.45. The second-order valence-corrected chi connectivity index (χ2v) is 8.20. The molecule has 2 heterocycles. The predicted molar refractivity (Wildman–Crippen MR) is 114 cm³/mol. The van der Waals surface area contributed by atoms with Crippen molar-refractivity contribution < 1.29 is 28.6 Å². The van der Waals surface area contributed by atoms with Gasteiger partial charge in [0.2, 0.25) is 17.7 Å². The van der Waals surface area contributed by atoms with Gasteiger partial charge >= 0.3 is 0 Å². The van der Waals surface area contributed by atoms with Crippen molar-refractivity contribution >= 4 is 17.7 Å². The second kappa shape index (κ2) is 10.2. The number of carbonyl (C=O) groups excluding carboxylic acids is 3. The molecule has 3 rings (SSSR count). The fourth-order valence-electron chi connectivity index (χ4n) is 4.65. The van der Waals surface area contributed by atoms with E-state index < -0.39 is 5.41 Å². The van der Waals surface area contributed by atoms with Gasteiger partial charge in [-0.25, -0.2) is 0 Å². The van der Waals surface area contributed by atoms with Crippen molar-refractivity contribution in [2.24, 2.45) is 0 Å². The highest BCUT2D eigenvalue weighted by molar-refractivity contribution is 6.10. The summed E-state index contributed by atoms with van der Waals surface area (Å²) in [4.78, 5) is 42.9. The minimum absolute atomic E-state index is 0.00888. The average Bonchev–Trinajstić information content (AvgIpc) is 3.02. The van der Waals surface area contributed by atoms with Gasteiger partial charge in [-0.15, -0.1) is 0 Å². The molecular weight excluding hydrogens is 400 g/mol. The molecule has 0 unspecified atom stereocenters. The maximum Gasteiger partial charge on any atom is 0.240 e. The highest BCUT2D eigenvalue weighted by Crippen LogP contribution is 2.41. The average molecular weight is 433 g/mol. The van der Waals surface area contributed by atoms with Crippen LogP contribution in [0, 0.1) is 0 Å². The van der Waals surface area contributed by atoms with Gasteiger partial charge in [0.1, 0.15) is 5.75 Å². The molecule has 0 aromatic heterocycles. The lowest BCUT2D eigenvalue weighted by molar-refractivity contribution is -0.144. The van der Waals surface area contributed by atoms with Gasteiger partial charge < -0.3 is 19.1 Å². The molecule has 1 aromatic carbocycles. The predicted octanol–water partition coefficient (Wildman–Crippen LogP) is 1.76. The first-order valence-corrected chi connectivity index (χ1v) is 10.7. The molecule has 0 N–H and O–H groups in total.